The summed E-state index contributed by atoms with van der Waals surface area (Å²) in [5.41, 5.74) is 8.87. The van der Waals surface area contributed by atoms with Crippen molar-refractivity contribution in [2.75, 3.05) is 18.1 Å². The van der Waals surface area contributed by atoms with Gasteiger partial charge in [-0.2, -0.15) is 4.98 Å². The average molecular weight is 283 g/mol. The van der Waals surface area contributed by atoms with Crippen LogP contribution in [0.5, 0.6) is 0 Å². The fourth-order valence-electron chi connectivity index (χ4n) is 2.18. The van der Waals surface area contributed by atoms with Crippen LogP contribution in [-0.2, 0) is 0 Å². The molecule has 0 saturated carbocycles. The zero-order chi connectivity index (χ0) is 15.0. The van der Waals surface area contributed by atoms with Crippen molar-refractivity contribution < 1.29 is 4.39 Å². The summed E-state index contributed by atoms with van der Waals surface area (Å²) in [6.45, 7) is 1.88. The van der Waals surface area contributed by atoms with E-state index in [1.54, 1.807) is 25.4 Å². The SMILES string of the molecule is CNc1ncc2cc(-c3ccc(F)c(N)c3)c(C)nc2n1. The highest BCUT2D eigenvalue weighted by atomic mass is 19.1. The number of hydrogen-bond acceptors (Lipinski definition) is 5. The van der Waals surface area contributed by atoms with Gasteiger partial charge in [0.05, 0.1) is 5.69 Å². The number of rotatable bonds is 2. The smallest absolute Gasteiger partial charge is 0.224 e. The zero-order valence-corrected chi connectivity index (χ0v) is 11.7. The van der Waals surface area contributed by atoms with Crippen molar-refractivity contribution >= 4 is 22.7 Å². The Morgan fingerprint density at radius 1 is 1.19 bits per heavy atom. The van der Waals surface area contributed by atoms with E-state index in [0.717, 1.165) is 22.2 Å². The topological polar surface area (TPSA) is 76.7 Å². The Hall–Kier alpha value is -2.76. The van der Waals surface area contributed by atoms with Gasteiger partial charge in [-0.15, -0.1) is 0 Å². The van der Waals surface area contributed by atoms with Gasteiger partial charge in [-0.25, -0.2) is 14.4 Å². The number of benzene rings is 1. The number of nitrogens with zero attached hydrogens (tertiary/aromatic N) is 3. The minimum atomic E-state index is -0.424. The molecule has 1 aromatic carbocycles. The number of nitrogens with two attached hydrogens (primary N) is 1. The molecule has 0 amide bonds. The van der Waals surface area contributed by atoms with E-state index in [4.69, 9.17) is 5.73 Å². The van der Waals surface area contributed by atoms with E-state index < -0.39 is 5.82 Å². The molecule has 21 heavy (non-hydrogen) atoms. The minimum Gasteiger partial charge on any atom is -0.396 e. The quantitative estimate of drug-likeness (QED) is 0.707. The number of anilines is 2. The molecule has 0 aliphatic rings. The summed E-state index contributed by atoms with van der Waals surface area (Å²) in [5, 5.41) is 3.70. The lowest BCUT2D eigenvalue weighted by Gasteiger charge is -2.09. The highest BCUT2D eigenvalue weighted by molar-refractivity contribution is 5.83. The maximum atomic E-state index is 13.3. The van der Waals surface area contributed by atoms with Crippen LogP contribution < -0.4 is 11.1 Å². The lowest BCUT2D eigenvalue weighted by atomic mass is 10.0. The monoisotopic (exact) mass is 283 g/mol. The van der Waals surface area contributed by atoms with Gasteiger partial charge in [0.25, 0.3) is 0 Å². The Bertz CT molecular complexity index is 832. The van der Waals surface area contributed by atoms with Crippen molar-refractivity contribution in [1.29, 1.82) is 0 Å². The van der Waals surface area contributed by atoms with Crippen molar-refractivity contribution in [3.05, 3.63) is 42.0 Å². The van der Waals surface area contributed by atoms with Gasteiger partial charge in [0, 0.05) is 29.9 Å². The van der Waals surface area contributed by atoms with E-state index in [-0.39, 0.29) is 5.69 Å². The normalized spacial score (nSPS) is 10.8. The molecule has 0 spiro atoms. The lowest BCUT2D eigenvalue weighted by Crippen LogP contribution is -1.99. The van der Waals surface area contributed by atoms with Crippen LogP contribution in [0.2, 0.25) is 0 Å². The molecule has 0 bridgehead atoms. The van der Waals surface area contributed by atoms with Crippen molar-refractivity contribution in [3.8, 4) is 11.1 Å². The third-order valence-corrected chi connectivity index (χ3v) is 3.29. The number of nitrogen functional groups attached to an aromatic ring is 1. The Morgan fingerprint density at radius 2 is 2.00 bits per heavy atom. The van der Waals surface area contributed by atoms with Gasteiger partial charge in [0.15, 0.2) is 5.65 Å². The summed E-state index contributed by atoms with van der Waals surface area (Å²) in [6, 6.07) is 6.58. The Labute approximate surface area is 121 Å². The van der Waals surface area contributed by atoms with Gasteiger partial charge in [0.1, 0.15) is 5.82 Å². The third kappa shape index (κ3) is 2.35. The first kappa shape index (κ1) is 13.2. The standard InChI is InChI=1S/C15H14FN5/c1-8-11(9-3-4-12(16)13(17)6-9)5-10-7-19-15(18-2)21-14(10)20-8/h3-7H,17H2,1-2H3,(H,18,19,20,21). The summed E-state index contributed by atoms with van der Waals surface area (Å²) < 4.78 is 13.3. The Morgan fingerprint density at radius 3 is 2.71 bits per heavy atom. The summed E-state index contributed by atoms with van der Waals surface area (Å²) in [4.78, 5) is 13.0. The van der Waals surface area contributed by atoms with E-state index in [2.05, 4.69) is 20.3 Å². The average Bonchev–Trinajstić information content (AvgIpc) is 2.49. The van der Waals surface area contributed by atoms with E-state index in [1.165, 1.54) is 6.07 Å². The largest absolute Gasteiger partial charge is 0.396 e. The molecular formula is C15H14FN5. The molecule has 5 nitrogen and oxygen atoms in total. The van der Waals surface area contributed by atoms with Crippen LogP contribution in [0.4, 0.5) is 16.0 Å². The van der Waals surface area contributed by atoms with Gasteiger partial charge < -0.3 is 11.1 Å². The first-order valence-electron chi connectivity index (χ1n) is 6.46. The number of aromatic nitrogens is 3. The van der Waals surface area contributed by atoms with E-state index in [1.807, 2.05) is 13.0 Å². The first-order chi connectivity index (χ1) is 10.1. The molecule has 3 rings (SSSR count). The summed E-state index contributed by atoms with van der Waals surface area (Å²) in [6.07, 6.45) is 1.71. The van der Waals surface area contributed by atoms with Crippen molar-refractivity contribution in [2.45, 2.75) is 6.92 Å². The molecular weight excluding hydrogens is 269 g/mol. The maximum Gasteiger partial charge on any atom is 0.224 e. The zero-order valence-electron chi connectivity index (χ0n) is 11.7. The number of nitrogens with one attached hydrogen (secondary N) is 1. The Kier molecular flexibility index (Phi) is 3.13. The molecule has 3 aromatic rings. The Balaban J connectivity index is 2.18. The van der Waals surface area contributed by atoms with Crippen LogP contribution in [0.1, 0.15) is 5.69 Å². The van der Waals surface area contributed by atoms with Crippen LogP contribution in [0.15, 0.2) is 30.5 Å². The summed E-state index contributed by atoms with van der Waals surface area (Å²) in [5.74, 6) is 0.0975. The lowest BCUT2D eigenvalue weighted by molar-refractivity contribution is 0.632. The number of halogens is 1. The van der Waals surface area contributed by atoms with Gasteiger partial charge in [-0.1, -0.05) is 6.07 Å². The second kappa shape index (κ2) is 4.97. The second-order valence-corrected chi connectivity index (χ2v) is 4.71. The van der Waals surface area contributed by atoms with E-state index in [9.17, 15) is 4.39 Å². The molecule has 0 radical (unpaired) electrons. The van der Waals surface area contributed by atoms with Gasteiger partial charge in [0.2, 0.25) is 5.95 Å². The highest BCUT2D eigenvalue weighted by Gasteiger charge is 2.09. The molecule has 2 heterocycles. The molecule has 106 valence electrons. The van der Waals surface area contributed by atoms with Crippen molar-refractivity contribution in [2.24, 2.45) is 0 Å². The molecule has 0 unspecified atom stereocenters. The van der Waals surface area contributed by atoms with Gasteiger partial charge in [-0.05, 0) is 30.7 Å². The molecule has 0 fully saturated rings. The maximum absolute atomic E-state index is 13.3. The highest BCUT2D eigenvalue weighted by Crippen LogP contribution is 2.28. The van der Waals surface area contributed by atoms with Crippen LogP contribution in [-0.4, -0.2) is 22.0 Å². The summed E-state index contributed by atoms with van der Waals surface area (Å²) >= 11 is 0. The predicted molar refractivity (Wildman–Crippen MR) is 81.4 cm³/mol. The van der Waals surface area contributed by atoms with Crippen LogP contribution in [0.25, 0.3) is 22.2 Å². The minimum absolute atomic E-state index is 0.119. The van der Waals surface area contributed by atoms with Gasteiger partial charge in [-0.3, -0.25) is 0 Å². The number of pyridine rings is 1. The molecule has 6 heteroatoms. The van der Waals surface area contributed by atoms with Crippen molar-refractivity contribution in [3.63, 3.8) is 0 Å². The molecule has 0 atom stereocenters. The van der Waals surface area contributed by atoms with Crippen LogP contribution in [0, 0.1) is 12.7 Å². The molecule has 3 N–H and O–H groups in total. The van der Waals surface area contributed by atoms with Gasteiger partial charge >= 0.3 is 0 Å². The number of fused-ring (bicyclic) bond motifs is 1. The first-order valence-corrected chi connectivity index (χ1v) is 6.46. The molecule has 2 aromatic heterocycles. The second-order valence-electron chi connectivity index (χ2n) is 4.71. The molecule has 0 aliphatic carbocycles. The molecule has 0 saturated heterocycles. The van der Waals surface area contributed by atoms with Crippen LogP contribution >= 0.6 is 0 Å². The predicted octanol–water partition coefficient (Wildman–Crippen LogP) is 2.76. The van der Waals surface area contributed by atoms with E-state index >= 15 is 0 Å². The number of hydrogen-bond donors (Lipinski definition) is 2. The third-order valence-electron chi connectivity index (χ3n) is 3.29. The fraction of sp³-hybridized carbons (Fsp3) is 0.133. The van der Waals surface area contributed by atoms with E-state index in [0.29, 0.717) is 11.6 Å². The van der Waals surface area contributed by atoms with Crippen molar-refractivity contribution in [1.82, 2.24) is 15.0 Å². The summed E-state index contributed by atoms with van der Waals surface area (Å²) in [7, 11) is 1.75. The number of aryl methyl sites for hydroxylation is 1. The molecule has 0 aliphatic heterocycles. The fourth-order valence-corrected chi connectivity index (χ4v) is 2.18. The van der Waals surface area contributed by atoms with Crippen LogP contribution in [0.3, 0.4) is 0 Å².